The maximum absolute atomic E-state index is 11.2. The molecule has 1 amide bonds. The predicted octanol–water partition coefficient (Wildman–Crippen LogP) is -0.113. The SMILES string of the molecule is CC1OCCC1N(C)Cc1cc(C(=O)NN)no1. The molecule has 0 aliphatic carbocycles. The Morgan fingerprint density at radius 2 is 2.50 bits per heavy atom. The van der Waals surface area contributed by atoms with Gasteiger partial charge in [0.1, 0.15) is 0 Å². The van der Waals surface area contributed by atoms with Crippen LogP contribution in [0.1, 0.15) is 29.6 Å². The number of hydrogen-bond donors (Lipinski definition) is 2. The smallest absolute Gasteiger partial charge is 0.287 e. The summed E-state index contributed by atoms with van der Waals surface area (Å²) in [6.07, 6.45) is 1.21. The van der Waals surface area contributed by atoms with Crippen molar-refractivity contribution >= 4 is 5.91 Å². The minimum atomic E-state index is -0.453. The molecule has 2 rings (SSSR count). The van der Waals surface area contributed by atoms with Gasteiger partial charge in [-0.3, -0.25) is 15.1 Å². The zero-order valence-corrected chi connectivity index (χ0v) is 10.5. The molecule has 0 aromatic carbocycles. The molecule has 1 aromatic heterocycles. The van der Waals surface area contributed by atoms with Gasteiger partial charge in [-0.25, -0.2) is 5.84 Å². The van der Waals surface area contributed by atoms with Gasteiger partial charge in [-0.2, -0.15) is 0 Å². The Labute approximate surface area is 105 Å². The van der Waals surface area contributed by atoms with E-state index in [0.717, 1.165) is 13.0 Å². The molecule has 3 N–H and O–H groups in total. The number of carbonyl (C=O) groups excluding carboxylic acids is 1. The fraction of sp³-hybridized carbons (Fsp3) is 0.636. The summed E-state index contributed by atoms with van der Waals surface area (Å²) >= 11 is 0. The quantitative estimate of drug-likeness (QED) is 0.442. The second-order valence-corrected chi connectivity index (χ2v) is 4.50. The normalized spacial score (nSPS) is 23.6. The number of carbonyl (C=O) groups is 1. The van der Waals surface area contributed by atoms with Crippen LogP contribution in [0.4, 0.5) is 0 Å². The molecule has 1 saturated heterocycles. The first kappa shape index (κ1) is 13.0. The summed E-state index contributed by atoms with van der Waals surface area (Å²) < 4.78 is 10.6. The molecule has 0 radical (unpaired) electrons. The number of aromatic nitrogens is 1. The van der Waals surface area contributed by atoms with Gasteiger partial charge in [-0.1, -0.05) is 5.16 Å². The minimum Gasteiger partial charge on any atom is -0.377 e. The Hall–Kier alpha value is -1.44. The average molecular weight is 254 g/mol. The third-order valence-electron chi connectivity index (χ3n) is 3.23. The van der Waals surface area contributed by atoms with Crippen LogP contribution in [-0.2, 0) is 11.3 Å². The first-order valence-corrected chi connectivity index (χ1v) is 5.90. The number of rotatable bonds is 4. The molecule has 1 fully saturated rings. The van der Waals surface area contributed by atoms with Crippen LogP contribution in [0.3, 0.4) is 0 Å². The molecule has 7 heteroatoms. The van der Waals surface area contributed by atoms with Crippen molar-refractivity contribution in [3.8, 4) is 0 Å². The van der Waals surface area contributed by atoms with Crippen LogP contribution in [0.5, 0.6) is 0 Å². The van der Waals surface area contributed by atoms with E-state index in [1.165, 1.54) is 0 Å². The van der Waals surface area contributed by atoms with Crippen LogP contribution in [0.2, 0.25) is 0 Å². The van der Waals surface area contributed by atoms with Gasteiger partial charge in [0.2, 0.25) is 0 Å². The molecule has 2 heterocycles. The summed E-state index contributed by atoms with van der Waals surface area (Å²) in [7, 11) is 2.00. The molecule has 2 atom stereocenters. The molecule has 1 aliphatic heterocycles. The average Bonchev–Trinajstić information content (AvgIpc) is 2.97. The number of ether oxygens (including phenoxy) is 1. The van der Waals surface area contributed by atoms with Crippen LogP contribution in [0.25, 0.3) is 0 Å². The van der Waals surface area contributed by atoms with Crippen molar-refractivity contribution in [2.75, 3.05) is 13.7 Å². The fourth-order valence-corrected chi connectivity index (χ4v) is 2.23. The van der Waals surface area contributed by atoms with Crippen LogP contribution in [0.15, 0.2) is 10.6 Å². The highest BCUT2D eigenvalue weighted by Crippen LogP contribution is 2.20. The van der Waals surface area contributed by atoms with E-state index in [2.05, 4.69) is 17.0 Å². The molecule has 2 unspecified atom stereocenters. The highest BCUT2D eigenvalue weighted by molar-refractivity contribution is 5.91. The van der Waals surface area contributed by atoms with Gasteiger partial charge in [-0.15, -0.1) is 0 Å². The summed E-state index contributed by atoms with van der Waals surface area (Å²) in [6.45, 7) is 3.43. The summed E-state index contributed by atoms with van der Waals surface area (Å²) in [5.74, 6) is 5.21. The summed E-state index contributed by atoms with van der Waals surface area (Å²) in [5, 5.41) is 3.66. The number of hydrogen-bond acceptors (Lipinski definition) is 6. The van der Waals surface area contributed by atoms with E-state index in [0.29, 0.717) is 18.3 Å². The lowest BCUT2D eigenvalue weighted by Crippen LogP contribution is -2.36. The van der Waals surface area contributed by atoms with Crippen molar-refractivity contribution in [2.24, 2.45) is 5.84 Å². The van der Waals surface area contributed by atoms with Crippen molar-refractivity contribution in [1.82, 2.24) is 15.5 Å². The van der Waals surface area contributed by atoms with Gasteiger partial charge in [0.25, 0.3) is 5.91 Å². The standard InChI is InChI=1S/C11H18N4O3/c1-7-10(3-4-17-7)15(2)6-8-5-9(14-18-8)11(16)13-12/h5,7,10H,3-4,6,12H2,1-2H3,(H,13,16). The first-order chi connectivity index (χ1) is 8.61. The molecular weight excluding hydrogens is 236 g/mol. The number of likely N-dealkylation sites (N-methyl/N-ethyl adjacent to an activating group) is 1. The molecular formula is C11H18N4O3. The van der Waals surface area contributed by atoms with E-state index in [1.54, 1.807) is 6.07 Å². The highest BCUT2D eigenvalue weighted by Gasteiger charge is 2.28. The minimum absolute atomic E-state index is 0.191. The summed E-state index contributed by atoms with van der Waals surface area (Å²) in [5.41, 5.74) is 2.21. The third-order valence-corrected chi connectivity index (χ3v) is 3.23. The number of nitrogens with one attached hydrogen (secondary N) is 1. The fourth-order valence-electron chi connectivity index (χ4n) is 2.23. The topological polar surface area (TPSA) is 93.6 Å². The van der Waals surface area contributed by atoms with E-state index < -0.39 is 5.91 Å². The highest BCUT2D eigenvalue weighted by atomic mass is 16.5. The zero-order chi connectivity index (χ0) is 13.1. The molecule has 0 bridgehead atoms. The van der Waals surface area contributed by atoms with Gasteiger partial charge in [0.05, 0.1) is 12.6 Å². The van der Waals surface area contributed by atoms with E-state index >= 15 is 0 Å². The van der Waals surface area contributed by atoms with Gasteiger partial charge < -0.3 is 9.26 Å². The van der Waals surface area contributed by atoms with Crippen molar-refractivity contribution in [1.29, 1.82) is 0 Å². The summed E-state index contributed by atoms with van der Waals surface area (Å²) in [6, 6.07) is 1.96. The number of amides is 1. The van der Waals surface area contributed by atoms with E-state index in [4.69, 9.17) is 15.1 Å². The summed E-state index contributed by atoms with van der Waals surface area (Å²) in [4.78, 5) is 13.4. The Kier molecular flexibility index (Phi) is 3.95. The molecule has 0 saturated carbocycles. The molecule has 18 heavy (non-hydrogen) atoms. The van der Waals surface area contributed by atoms with E-state index in [1.807, 2.05) is 12.5 Å². The molecule has 100 valence electrons. The maximum atomic E-state index is 11.2. The monoisotopic (exact) mass is 254 g/mol. The molecule has 7 nitrogen and oxygen atoms in total. The molecule has 1 aromatic rings. The molecule has 1 aliphatic rings. The van der Waals surface area contributed by atoms with Crippen molar-refractivity contribution < 1.29 is 14.1 Å². The first-order valence-electron chi connectivity index (χ1n) is 5.90. The lowest BCUT2D eigenvalue weighted by molar-refractivity contribution is 0.0783. The van der Waals surface area contributed by atoms with Crippen LogP contribution in [0, 0.1) is 0 Å². The largest absolute Gasteiger partial charge is 0.377 e. The second-order valence-electron chi connectivity index (χ2n) is 4.50. The Morgan fingerprint density at radius 3 is 3.11 bits per heavy atom. The third kappa shape index (κ3) is 2.69. The van der Waals surface area contributed by atoms with Gasteiger partial charge in [-0.05, 0) is 20.4 Å². The van der Waals surface area contributed by atoms with Crippen molar-refractivity contribution in [3.05, 3.63) is 17.5 Å². The predicted molar refractivity (Wildman–Crippen MR) is 63.4 cm³/mol. The Morgan fingerprint density at radius 1 is 1.72 bits per heavy atom. The van der Waals surface area contributed by atoms with Gasteiger partial charge in [0.15, 0.2) is 11.5 Å². The lowest BCUT2D eigenvalue weighted by Gasteiger charge is -2.25. The van der Waals surface area contributed by atoms with Gasteiger partial charge >= 0.3 is 0 Å². The number of hydrazine groups is 1. The van der Waals surface area contributed by atoms with E-state index in [9.17, 15) is 4.79 Å². The number of nitrogens with zero attached hydrogens (tertiary/aromatic N) is 2. The van der Waals surface area contributed by atoms with Gasteiger partial charge in [0, 0.05) is 18.7 Å². The number of nitrogens with two attached hydrogens (primary N) is 1. The molecule has 0 spiro atoms. The number of nitrogen functional groups attached to an aromatic ring is 1. The Bertz CT molecular complexity index is 420. The van der Waals surface area contributed by atoms with Crippen LogP contribution < -0.4 is 11.3 Å². The van der Waals surface area contributed by atoms with Crippen LogP contribution >= 0.6 is 0 Å². The zero-order valence-electron chi connectivity index (χ0n) is 10.5. The van der Waals surface area contributed by atoms with E-state index in [-0.39, 0.29) is 11.8 Å². The van der Waals surface area contributed by atoms with Crippen molar-refractivity contribution in [2.45, 2.75) is 32.0 Å². The van der Waals surface area contributed by atoms with Crippen LogP contribution in [-0.4, -0.2) is 41.8 Å². The lowest BCUT2D eigenvalue weighted by atomic mass is 10.1. The maximum Gasteiger partial charge on any atom is 0.287 e. The second kappa shape index (κ2) is 5.47. The van der Waals surface area contributed by atoms with Crippen molar-refractivity contribution in [3.63, 3.8) is 0 Å². The Balaban J connectivity index is 1.96.